The van der Waals surface area contributed by atoms with E-state index in [1.807, 2.05) is 54.6 Å². The van der Waals surface area contributed by atoms with Crippen LogP contribution in [0.4, 0.5) is 4.79 Å². The van der Waals surface area contributed by atoms with E-state index >= 15 is 0 Å². The van der Waals surface area contributed by atoms with E-state index < -0.39 is 6.10 Å². The highest BCUT2D eigenvalue weighted by atomic mass is 16.3. The molecular weight excluding hydrogens is 340 g/mol. The van der Waals surface area contributed by atoms with E-state index in [1.54, 1.807) is 6.26 Å². The Hall–Kier alpha value is -3.05. The third-order valence-electron chi connectivity index (χ3n) is 4.33. The lowest BCUT2D eigenvalue weighted by Gasteiger charge is -2.13. The van der Waals surface area contributed by atoms with Crippen LogP contribution in [0.1, 0.15) is 23.7 Å². The molecule has 0 unspecified atom stereocenters. The largest absolute Gasteiger partial charge is 0.464 e. The number of carbonyl (C=O) groups is 1. The molecule has 1 atom stereocenters. The van der Waals surface area contributed by atoms with Crippen LogP contribution >= 0.6 is 0 Å². The molecule has 5 nitrogen and oxygen atoms in total. The van der Waals surface area contributed by atoms with Gasteiger partial charge >= 0.3 is 6.03 Å². The maximum atomic E-state index is 11.9. The number of urea groups is 1. The molecule has 0 aliphatic carbocycles. The first kappa shape index (κ1) is 18.7. The number of hydrogen-bond acceptors (Lipinski definition) is 3. The van der Waals surface area contributed by atoms with Crippen LogP contribution < -0.4 is 10.6 Å². The summed E-state index contributed by atoms with van der Waals surface area (Å²) in [6.45, 7) is 0.749. The Morgan fingerprint density at radius 1 is 0.963 bits per heavy atom. The first-order valence-electron chi connectivity index (χ1n) is 9.10. The van der Waals surface area contributed by atoms with Gasteiger partial charge in [-0.3, -0.25) is 0 Å². The summed E-state index contributed by atoms with van der Waals surface area (Å²) in [6.07, 6.45) is 2.66. The minimum atomic E-state index is -0.759. The Labute approximate surface area is 159 Å². The fourth-order valence-corrected chi connectivity index (χ4v) is 2.82. The van der Waals surface area contributed by atoms with Gasteiger partial charge in [-0.1, -0.05) is 54.6 Å². The Kier molecular flexibility index (Phi) is 6.66. The summed E-state index contributed by atoms with van der Waals surface area (Å²) in [7, 11) is 0. The van der Waals surface area contributed by atoms with E-state index in [-0.39, 0.29) is 12.6 Å². The Bertz CT molecular complexity index is 815. The van der Waals surface area contributed by atoms with Crippen molar-refractivity contribution < 1.29 is 14.3 Å². The summed E-state index contributed by atoms with van der Waals surface area (Å²) in [6, 6.07) is 21.1. The van der Waals surface area contributed by atoms with Gasteiger partial charge in [0.2, 0.25) is 0 Å². The zero-order valence-electron chi connectivity index (χ0n) is 15.1. The van der Waals surface area contributed by atoms with Crippen LogP contribution in [0.3, 0.4) is 0 Å². The molecule has 5 heteroatoms. The standard InChI is InChI=1S/C22H24N2O3/c25-20(18-10-12-19(13-11-18)21-9-5-15-27-21)16-24-22(26)23-14-4-8-17-6-2-1-3-7-17/h1-3,5-7,9-13,15,20,25H,4,8,14,16H2,(H2,23,24,26)/t20-/m1/s1. The molecular formula is C22H24N2O3. The molecule has 0 spiro atoms. The van der Waals surface area contributed by atoms with Gasteiger partial charge in [-0.25, -0.2) is 4.79 Å². The molecule has 1 heterocycles. The van der Waals surface area contributed by atoms with E-state index in [1.165, 1.54) is 5.56 Å². The highest BCUT2D eigenvalue weighted by Gasteiger charge is 2.10. The first-order valence-corrected chi connectivity index (χ1v) is 9.10. The molecule has 0 bridgehead atoms. The van der Waals surface area contributed by atoms with Crippen LogP contribution in [0.2, 0.25) is 0 Å². The van der Waals surface area contributed by atoms with E-state index in [2.05, 4.69) is 22.8 Å². The van der Waals surface area contributed by atoms with E-state index in [0.717, 1.165) is 29.7 Å². The van der Waals surface area contributed by atoms with Gasteiger partial charge in [-0.05, 0) is 36.1 Å². The van der Waals surface area contributed by atoms with Gasteiger partial charge in [-0.2, -0.15) is 0 Å². The lowest BCUT2D eigenvalue weighted by Crippen LogP contribution is -2.38. The van der Waals surface area contributed by atoms with Crippen molar-refractivity contribution in [3.05, 3.63) is 84.1 Å². The van der Waals surface area contributed by atoms with Crippen molar-refractivity contribution in [1.29, 1.82) is 0 Å². The highest BCUT2D eigenvalue weighted by molar-refractivity contribution is 5.73. The van der Waals surface area contributed by atoms with Gasteiger partial charge in [0.15, 0.2) is 0 Å². The molecule has 0 radical (unpaired) electrons. The molecule has 3 aromatic rings. The van der Waals surface area contributed by atoms with E-state index in [0.29, 0.717) is 6.54 Å². The van der Waals surface area contributed by atoms with Gasteiger partial charge in [-0.15, -0.1) is 0 Å². The number of rotatable bonds is 8. The molecule has 0 saturated carbocycles. The number of aliphatic hydroxyl groups excluding tert-OH is 1. The third kappa shape index (κ3) is 5.72. The molecule has 27 heavy (non-hydrogen) atoms. The number of benzene rings is 2. The number of aliphatic hydroxyl groups is 1. The fourth-order valence-electron chi connectivity index (χ4n) is 2.82. The van der Waals surface area contributed by atoms with Crippen LogP contribution in [-0.4, -0.2) is 24.2 Å². The molecule has 2 amide bonds. The van der Waals surface area contributed by atoms with Crippen molar-refractivity contribution in [1.82, 2.24) is 10.6 Å². The molecule has 1 aromatic heterocycles. The first-order chi connectivity index (χ1) is 13.2. The number of carbonyl (C=O) groups excluding carboxylic acids is 1. The van der Waals surface area contributed by atoms with Gasteiger partial charge in [0, 0.05) is 18.7 Å². The molecule has 0 fully saturated rings. The van der Waals surface area contributed by atoms with E-state index in [4.69, 9.17) is 4.42 Å². The van der Waals surface area contributed by atoms with Crippen molar-refractivity contribution in [2.24, 2.45) is 0 Å². The zero-order valence-corrected chi connectivity index (χ0v) is 15.1. The van der Waals surface area contributed by atoms with Crippen molar-refractivity contribution in [3.8, 4) is 11.3 Å². The van der Waals surface area contributed by atoms with Crippen molar-refractivity contribution >= 4 is 6.03 Å². The fraction of sp³-hybridized carbons (Fsp3) is 0.227. The zero-order chi connectivity index (χ0) is 18.9. The Morgan fingerprint density at radius 2 is 1.74 bits per heavy atom. The van der Waals surface area contributed by atoms with Crippen LogP contribution in [0.5, 0.6) is 0 Å². The maximum absolute atomic E-state index is 11.9. The number of amides is 2. The van der Waals surface area contributed by atoms with Crippen LogP contribution in [0.15, 0.2) is 77.4 Å². The summed E-state index contributed by atoms with van der Waals surface area (Å²) < 4.78 is 5.35. The van der Waals surface area contributed by atoms with E-state index in [9.17, 15) is 9.90 Å². The second kappa shape index (κ2) is 9.59. The molecule has 0 aliphatic heterocycles. The second-order valence-corrected chi connectivity index (χ2v) is 6.34. The molecule has 0 aliphatic rings. The van der Waals surface area contributed by atoms with Gasteiger partial charge < -0.3 is 20.2 Å². The predicted octanol–water partition coefficient (Wildman–Crippen LogP) is 3.91. The quantitative estimate of drug-likeness (QED) is 0.531. The summed E-state index contributed by atoms with van der Waals surface area (Å²) in [4.78, 5) is 11.9. The molecule has 0 saturated heterocycles. The summed E-state index contributed by atoms with van der Waals surface area (Å²) in [5, 5.41) is 15.8. The molecule has 3 N–H and O–H groups in total. The number of nitrogens with one attached hydrogen (secondary N) is 2. The lowest BCUT2D eigenvalue weighted by atomic mass is 10.1. The third-order valence-corrected chi connectivity index (χ3v) is 4.33. The Balaban J connectivity index is 1.37. The lowest BCUT2D eigenvalue weighted by molar-refractivity contribution is 0.173. The number of furan rings is 1. The van der Waals surface area contributed by atoms with Crippen molar-refractivity contribution in [2.75, 3.05) is 13.1 Å². The monoisotopic (exact) mass is 364 g/mol. The average Bonchev–Trinajstić information content (AvgIpc) is 3.25. The minimum Gasteiger partial charge on any atom is -0.464 e. The van der Waals surface area contributed by atoms with Gasteiger partial charge in [0.1, 0.15) is 5.76 Å². The average molecular weight is 364 g/mol. The molecule has 2 aromatic carbocycles. The number of hydrogen-bond donors (Lipinski definition) is 3. The Morgan fingerprint density at radius 3 is 2.44 bits per heavy atom. The summed E-state index contributed by atoms with van der Waals surface area (Å²) in [5.74, 6) is 0.782. The highest BCUT2D eigenvalue weighted by Crippen LogP contribution is 2.22. The van der Waals surface area contributed by atoms with Crippen LogP contribution in [0, 0.1) is 0 Å². The normalized spacial score (nSPS) is 11.7. The maximum Gasteiger partial charge on any atom is 0.314 e. The van der Waals surface area contributed by atoms with Crippen LogP contribution in [-0.2, 0) is 6.42 Å². The van der Waals surface area contributed by atoms with Crippen LogP contribution in [0.25, 0.3) is 11.3 Å². The minimum absolute atomic E-state index is 0.157. The number of aryl methyl sites for hydroxylation is 1. The molecule has 140 valence electrons. The smallest absolute Gasteiger partial charge is 0.314 e. The second-order valence-electron chi connectivity index (χ2n) is 6.34. The summed E-state index contributed by atoms with van der Waals surface area (Å²) in [5.41, 5.74) is 2.95. The topological polar surface area (TPSA) is 74.5 Å². The SMILES string of the molecule is O=C(NCCCc1ccccc1)NC[C@@H](O)c1ccc(-c2ccco2)cc1. The molecule has 3 rings (SSSR count). The predicted molar refractivity (Wildman–Crippen MR) is 105 cm³/mol. The van der Waals surface area contributed by atoms with Gasteiger partial charge in [0.05, 0.1) is 12.4 Å². The summed E-state index contributed by atoms with van der Waals surface area (Å²) >= 11 is 0. The van der Waals surface area contributed by atoms with Crippen molar-refractivity contribution in [3.63, 3.8) is 0 Å². The van der Waals surface area contributed by atoms with Gasteiger partial charge in [0.25, 0.3) is 0 Å². The van der Waals surface area contributed by atoms with Crippen molar-refractivity contribution in [2.45, 2.75) is 18.9 Å².